The van der Waals surface area contributed by atoms with Gasteiger partial charge in [0.1, 0.15) is 4.88 Å². The summed E-state index contributed by atoms with van der Waals surface area (Å²) in [7, 11) is -3.61. The fourth-order valence-electron chi connectivity index (χ4n) is 2.38. The molecule has 0 spiro atoms. The molecule has 5 nitrogen and oxygen atoms in total. The van der Waals surface area contributed by atoms with Gasteiger partial charge < -0.3 is 5.11 Å². The lowest BCUT2D eigenvalue weighted by atomic mass is 9.76. The van der Waals surface area contributed by atoms with Crippen LogP contribution in [0, 0.1) is 5.41 Å². The Balaban J connectivity index is 2.06. The van der Waals surface area contributed by atoms with Crippen molar-refractivity contribution >= 4 is 27.3 Å². The van der Waals surface area contributed by atoms with Gasteiger partial charge in [0.2, 0.25) is 10.0 Å². The third-order valence-corrected chi connectivity index (χ3v) is 6.32. The van der Waals surface area contributed by atoms with Gasteiger partial charge >= 0.3 is 5.97 Å². The Morgan fingerprint density at radius 2 is 2.00 bits per heavy atom. The Bertz CT molecular complexity index is 594. The quantitative estimate of drug-likeness (QED) is 0.894. The molecule has 1 aromatic rings. The monoisotopic (exact) mass is 317 g/mol. The van der Waals surface area contributed by atoms with E-state index >= 15 is 0 Å². The van der Waals surface area contributed by atoms with Crippen molar-refractivity contribution in [2.24, 2.45) is 5.41 Å². The van der Waals surface area contributed by atoms with Gasteiger partial charge in [-0.25, -0.2) is 17.9 Å². The van der Waals surface area contributed by atoms with Crippen molar-refractivity contribution in [1.82, 2.24) is 4.72 Å². The lowest BCUT2D eigenvalue weighted by Crippen LogP contribution is -2.39. The predicted octanol–water partition coefficient (Wildman–Crippen LogP) is 2.69. The Hall–Kier alpha value is -0.920. The number of rotatable bonds is 4. The van der Waals surface area contributed by atoms with Gasteiger partial charge in [0.05, 0.1) is 4.90 Å². The molecule has 1 aromatic heterocycles. The topological polar surface area (TPSA) is 83.5 Å². The van der Waals surface area contributed by atoms with E-state index in [-0.39, 0.29) is 21.2 Å². The number of aromatic carboxylic acids is 1. The normalized spacial score (nSPS) is 19.9. The van der Waals surface area contributed by atoms with Gasteiger partial charge in [-0.2, -0.15) is 0 Å². The van der Waals surface area contributed by atoms with Crippen molar-refractivity contribution in [3.05, 3.63) is 16.3 Å². The van der Waals surface area contributed by atoms with Crippen LogP contribution < -0.4 is 4.72 Å². The smallest absolute Gasteiger partial charge is 0.345 e. The highest BCUT2D eigenvalue weighted by Gasteiger charge is 2.30. The van der Waals surface area contributed by atoms with Crippen molar-refractivity contribution in [1.29, 1.82) is 0 Å². The summed E-state index contributed by atoms with van der Waals surface area (Å²) in [5.41, 5.74) is 0.279. The highest BCUT2D eigenvalue weighted by Crippen LogP contribution is 2.35. The third-order valence-electron chi connectivity index (χ3n) is 3.76. The van der Waals surface area contributed by atoms with Crippen molar-refractivity contribution in [2.45, 2.75) is 50.5 Å². The Morgan fingerprint density at radius 1 is 1.40 bits per heavy atom. The SMILES string of the molecule is CC1(C)CCC(NS(=O)(=O)c2csc(C(=O)O)c2)CC1. The number of sulfonamides is 1. The van der Waals surface area contributed by atoms with Crippen molar-refractivity contribution in [2.75, 3.05) is 0 Å². The second-order valence-corrected chi connectivity index (χ2v) is 8.64. The van der Waals surface area contributed by atoms with Crippen molar-refractivity contribution in [3.63, 3.8) is 0 Å². The number of thiophene rings is 1. The molecular weight excluding hydrogens is 298 g/mol. The minimum atomic E-state index is -3.61. The number of carboxylic acids is 1. The molecule has 1 aliphatic carbocycles. The molecule has 0 aromatic carbocycles. The summed E-state index contributed by atoms with van der Waals surface area (Å²) in [5, 5.41) is 10.2. The summed E-state index contributed by atoms with van der Waals surface area (Å²) in [6, 6.07) is 1.16. The first kappa shape index (κ1) is 15.5. The summed E-state index contributed by atoms with van der Waals surface area (Å²) < 4.78 is 27.1. The zero-order chi connectivity index (χ0) is 15.0. The minimum absolute atomic E-state index is 0.0372. The van der Waals surface area contributed by atoms with Gasteiger partial charge in [0.15, 0.2) is 0 Å². The van der Waals surface area contributed by atoms with E-state index in [1.807, 2.05) is 0 Å². The van der Waals surface area contributed by atoms with Crippen LogP contribution in [0.15, 0.2) is 16.3 Å². The first-order chi connectivity index (χ1) is 9.20. The van der Waals surface area contributed by atoms with Gasteiger partial charge in [-0.1, -0.05) is 13.8 Å². The molecular formula is C13H19NO4S2. The number of hydrogen-bond donors (Lipinski definition) is 2. The van der Waals surface area contributed by atoms with Crippen LogP contribution in [0.4, 0.5) is 0 Å². The van der Waals surface area contributed by atoms with E-state index in [1.165, 1.54) is 11.4 Å². The van der Waals surface area contributed by atoms with E-state index in [9.17, 15) is 13.2 Å². The van der Waals surface area contributed by atoms with Gasteiger partial charge in [0.25, 0.3) is 0 Å². The summed E-state index contributed by atoms with van der Waals surface area (Å²) in [6.07, 6.45) is 3.62. The van der Waals surface area contributed by atoms with Gasteiger partial charge in [-0.3, -0.25) is 0 Å². The summed E-state index contributed by atoms with van der Waals surface area (Å²) in [5.74, 6) is -1.10. The van der Waals surface area contributed by atoms with E-state index in [0.717, 1.165) is 37.0 Å². The maximum atomic E-state index is 12.2. The Morgan fingerprint density at radius 3 is 2.50 bits per heavy atom. The standard InChI is InChI=1S/C13H19NO4S2/c1-13(2)5-3-9(4-6-13)14-20(17,18)10-7-11(12(15)16)19-8-10/h7-9,14H,3-6H2,1-2H3,(H,15,16). The fourth-order valence-corrected chi connectivity index (χ4v) is 4.79. The molecule has 1 heterocycles. The van der Waals surface area contributed by atoms with Crippen molar-refractivity contribution in [3.8, 4) is 0 Å². The molecule has 2 rings (SSSR count). The minimum Gasteiger partial charge on any atom is -0.477 e. The molecule has 2 N–H and O–H groups in total. The second-order valence-electron chi connectivity index (χ2n) is 6.01. The Kier molecular flexibility index (Phi) is 4.22. The van der Waals surface area contributed by atoms with Crippen LogP contribution in [0.25, 0.3) is 0 Å². The molecule has 1 fully saturated rings. The number of carbonyl (C=O) groups is 1. The molecule has 112 valence electrons. The van der Waals surface area contributed by atoms with Crippen LogP contribution in [-0.2, 0) is 10.0 Å². The molecule has 1 aliphatic rings. The maximum Gasteiger partial charge on any atom is 0.345 e. The van der Waals surface area contributed by atoms with Crippen LogP contribution in [0.2, 0.25) is 0 Å². The lowest BCUT2D eigenvalue weighted by Gasteiger charge is -2.34. The van der Waals surface area contributed by atoms with Gasteiger partial charge in [0, 0.05) is 11.4 Å². The highest BCUT2D eigenvalue weighted by molar-refractivity contribution is 7.89. The Labute approximate surface area is 123 Å². The summed E-state index contributed by atoms with van der Waals surface area (Å²) in [6.45, 7) is 4.38. The zero-order valence-electron chi connectivity index (χ0n) is 11.5. The van der Waals surface area contributed by atoms with E-state index in [1.54, 1.807) is 0 Å². The predicted molar refractivity (Wildman–Crippen MR) is 77.6 cm³/mol. The maximum absolute atomic E-state index is 12.2. The van der Waals surface area contributed by atoms with E-state index in [2.05, 4.69) is 18.6 Å². The first-order valence-electron chi connectivity index (χ1n) is 6.54. The summed E-state index contributed by atoms with van der Waals surface area (Å²) in [4.78, 5) is 10.9. The van der Waals surface area contributed by atoms with Gasteiger partial charge in [-0.15, -0.1) is 11.3 Å². The van der Waals surface area contributed by atoms with Crippen LogP contribution in [0.3, 0.4) is 0 Å². The van der Waals surface area contributed by atoms with E-state index < -0.39 is 16.0 Å². The molecule has 0 unspecified atom stereocenters. The van der Waals surface area contributed by atoms with Crippen LogP contribution in [-0.4, -0.2) is 25.5 Å². The molecule has 0 aliphatic heterocycles. The molecule has 0 saturated heterocycles. The van der Waals surface area contributed by atoms with Crippen LogP contribution >= 0.6 is 11.3 Å². The number of carboxylic acid groups (broad SMARTS) is 1. The molecule has 0 atom stereocenters. The van der Waals surface area contributed by atoms with E-state index in [4.69, 9.17) is 5.11 Å². The lowest BCUT2D eigenvalue weighted by molar-refractivity contribution is 0.0702. The third kappa shape index (κ3) is 3.59. The highest BCUT2D eigenvalue weighted by atomic mass is 32.2. The van der Waals surface area contributed by atoms with Crippen LogP contribution in [0.1, 0.15) is 49.2 Å². The molecule has 0 radical (unpaired) electrons. The largest absolute Gasteiger partial charge is 0.477 e. The molecule has 0 amide bonds. The van der Waals surface area contributed by atoms with Gasteiger partial charge in [-0.05, 0) is 37.2 Å². The second kappa shape index (κ2) is 5.46. The average molecular weight is 317 g/mol. The average Bonchev–Trinajstić information content (AvgIpc) is 2.82. The van der Waals surface area contributed by atoms with Crippen molar-refractivity contribution < 1.29 is 18.3 Å². The number of nitrogens with one attached hydrogen (secondary N) is 1. The molecule has 7 heteroatoms. The van der Waals surface area contributed by atoms with Crippen LogP contribution in [0.5, 0.6) is 0 Å². The summed E-state index contributed by atoms with van der Waals surface area (Å²) >= 11 is 0.928. The zero-order valence-corrected chi connectivity index (χ0v) is 13.2. The molecule has 0 bridgehead atoms. The molecule has 1 saturated carbocycles. The fraction of sp³-hybridized carbons (Fsp3) is 0.615. The first-order valence-corrected chi connectivity index (χ1v) is 8.90. The molecule has 20 heavy (non-hydrogen) atoms. The number of hydrogen-bond acceptors (Lipinski definition) is 4. The van der Waals surface area contributed by atoms with E-state index in [0.29, 0.717) is 0 Å².